The summed E-state index contributed by atoms with van der Waals surface area (Å²) < 4.78 is 1.76. The Kier molecular flexibility index (Phi) is 6.98. The molecule has 0 atom stereocenters. The van der Waals surface area contributed by atoms with Crippen LogP contribution < -0.4 is 10.2 Å². The molecule has 0 radical (unpaired) electrons. The van der Waals surface area contributed by atoms with Crippen LogP contribution in [0.5, 0.6) is 0 Å². The zero-order chi connectivity index (χ0) is 25.3. The van der Waals surface area contributed by atoms with Gasteiger partial charge in [0.15, 0.2) is 5.13 Å². The van der Waals surface area contributed by atoms with Gasteiger partial charge >= 0.3 is 0 Å². The molecular formula is C26H34N6O2S. The van der Waals surface area contributed by atoms with Crippen LogP contribution in [0, 0.1) is 20.8 Å². The molecule has 0 aliphatic carbocycles. The van der Waals surface area contributed by atoms with Gasteiger partial charge in [-0.25, -0.2) is 4.98 Å². The van der Waals surface area contributed by atoms with Gasteiger partial charge in [0.2, 0.25) is 5.91 Å². The van der Waals surface area contributed by atoms with E-state index >= 15 is 0 Å². The molecule has 4 rings (SSSR count). The molecule has 1 aliphatic heterocycles. The smallest absolute Gasteiger partial charge is 0.259 e. The highest BCUT2D eigenvalue weighted by Gasteiger charge is 2.26. The number of hydrogen-bond acceptors (Lipinski definition) is 6. The van der Waals surface area contributed by atoms with Gasteiger partial charge in [0.25, 0.3) is 5.91 Å². The fourth-order valence-electron chi connectivity index (χ4n) is 4.51. The van der Waals surface area contributed by atoms with E-state index in [2.05, 4.69) is 41.1 Å². The molecule has 8 nitrogen and oxygen atoms in total. The SMILES string of the molecule is Cc1cc(C)n(CC(=O)N2CCN(c3ccccc3C(=O)Nc3nc(C)c(C(C)(C)C)s3)CC2)n1. The molecule has 1 saturated heterocycles. The third kappa shape index (κ3) is 5.56. The van der Waals surface area contributed by atoms with E-state index in [0.29, 0.717) is 36.9 Å². The molecule has 3 heterocycles. The number of carbonyl (C=O) groups is 2. The predicted molar refractivity (Wildman–Crippen MR) is 140 cm³/mol. The Bertz CT molecular complexity index is 1230. The van der Waals surface area contributed by atoms with E-state index in [1.807, 2.05) is 56.0 Å². The van der Waals surface area contributed by atoms with Crippen LogP contribution in [0.15, 0.2) is 30.3 Å². The maximum Gasteiger partial charge on any atom is 0.259 e. The number of carbonyl (C=O) groups excluding carboxylic acids is 2. The number of nitrogens with one attached hydrogen (secondary N) is 1. The zero-order valence-electron chi connectivity index (χ0n) is 21.4. The second-order valence-corrected chi connectivity index (χ2v) is 11.1. The van der Waals surface area contributed by atoms with Crippen molar-refractivity contribution in [2.24, 2.45) is 0 Å². The van der Waals surface area contributed by atoms with Gasteiger partial charge in [0, 0.05) is 42.4 Å². The highest BCUT2D eigenvalue weighted by atomic mass is 32.1. The van der Waals surface area contributed by atoms with Crippen LogP contribution in [0.4, 0.5) is 10.8 Å². The highest BCUT2D eigenvalue weighted by molar-refractivity contribution is 7.16. The summed E-state index contributed by atoms with van der Waals surface area (Å²) in [4.78, 5) is 35.8. The molecule has 0 saturated carbocycles. The monoisotopic (exact) mass is 494 g/mol. The number of amides is 2. The van der Waals surface area contributed by atoms with Crippen LogP contribution in [0.3, 0.4) is 0 Å². The lowest BCUT2D eigenvalue weighted by Gasteiger charge is -2.36. The quantitative estimate of drug-likeness (QED) is 0.576. The number of anilines is 2. The second kappa shape index (κ2) is 9.81. The normalized spacial score (nSPS) is 14.3. The molecular weight excluding hydrogens is 460 g/mol. The lowest BCUT2D eigenvalue weighted by atomic mass is 9.94. The molecule has 2 amide bonds. The molecule has 35 heavy (non-hydrogen) atoms. The molecule has 9 heteroatoms. The molecule has 1 N–H and O–H groups in total. The number of para-hydroxylation sites is 1. The number of piperazine rings is 1. The van der Waals surface area contributed by atoms with Crippen LogP contribution in [0.1, 0.15) is 53.1 Å². The highest BCUT2D eigenvalue weighted by Crippen LogP contribution is 2.34. The second-order valence-electron chi connectivity index (χ2n) is 10.1. The standard InChI is InChI=1S/C26H34N6O2S/c1-17-15-18(2)32(29-17)16-22(33)31-13-11-30(12-14-31)21-10-8-7-9-20(21)24(34)28-25-27-19(3)23(35-25)26(4,5)6/h7-10,15H,11-14,16H2,1-6H3,(H,27,28,34). The Morgan fingerprint density at radius 2 is 1.74 bits per heavy atom. The Morgan fingerprint density at radius 1 is 1.06 bits per heavy atom. The van der Waals surface area contributed by atoms with Crippen molar-refractivity contribution >= 4 is 34.0 Å². The Balaban J connectivity index is 1.42. The van der Waals surface area contributed by atoms with E-state index in [1.165, 1.54) is 16.2 Å². The van der Waals surface area contributed by atoms with Crippen molar-refractivity contribution in [1.29, 1.82) is 0 Å². The fraction of sp³-hybridized carbons (Fsp3) is 0.462. The first-order valence-corrected chi connectivity index (χ1v) is 12.8. The minimum Gasteiger partial charge on any atom is -0.367 e. The molecule has 3 aromatic rings. The van der Waals surface area contributed by atoms with Crippen LogP contribution in [-0.2, 0) is 16.8 Å². The number of aryl methyl sites for hydroxylation is 3. The van der Waals surface area contributed by atoms with E-state index in [-0.39, 0.29) is 23.8 Å². The van der Waals surface area contributed by atoms with Crippen molar-refractivity contribution in [2.75, 3.05) is 36.4 Å². The summed E-state index contributed by atoms with van der Waals surface area (Å²) in [5.74, 6) is -0.103. The van der Waals surface area contributed by atoms with Gasteiger partial charge in [0.1, 0.15) is 6.54 Å². The Hall–Kier alpha value is -3.20. The summed E-state index contributed by atoms with van der Waals surface area (Å²) in [7, 11) is 0. The minimum atomic E-state index is -0.169. The molecule has 0 unspecified atom stereocenters. The average Bonchev–Trinajstić information content (AvgIpc) is 3.34. The van der Waals surface area contributed by atoms with E-state index < -0.39 is 0 Å². The molecule has 2 aromatic heterocycles. The van der Waals surface area contributed by atoms with Gasteiger partial charge in [-0.2, -0.15) is 5.10 Å². The number of aromatic nitrogens is 3. The van der Waals surface area contributed by atoms with Crippen molar-refractivity contribution in [3.63, 3.8) is 0 Å². The van der Waals surface area contributed by atoms with Gasteiger partial charge in [-0.15, -0.1) is 11.3 Å². The van der Waals surface area contributed by atoms with Crippen molar-refractivity contribution in [3.8, 4) is 0 Å². The molecule has 1 aliphatic rings. The maximum atomic E-state index is 13.2. The first-order chi connectivity index (χ1) is 16.5. The number of rotatable bonds is 5. The summed E-state index contributed by atoms with van der Waals surface area (Å²) in [5, 5.41) is 8.02. The summed E-state index contributed by atoms with van der Waals surface area (Å²) in [6, 6.07) is 9.61. The van der Waals surface area contributed by atoms with E-state index in [0.717, 1.165) is 22.8 Å². The number of thiazole rings is 1. The third-order valence-electron chi connectivity index (χ3n) is 6.21. The molecule has 186 valence electrons. The van der Waals surface area contributed by atoms with Crippen LogP contribution in [0.2, 0.25) is 0 Å². The third-order valence-corrected chi connectivity index (χ3v) is 7.71. The van der Waals surface area contributed by atoms with Gasteiger partial charge in [-0.1, -0.05) is 32.9 Å². The molecule has 1 aromatic carbocycles. The summed E-state index contributed by atoms with van der Waals surface area (Å²) in [6.45, 7) is 15.1. The lowest BCUT2D eigenvalue weighted by molar-refractivity contribution is -0.132. The van der Waals surface area contributed by atoms with Gasteiger partial charge in [-0.05, 0) is 44.4 Å². The van der Waals surface area contributed by atoms with Crippen LogP contribution in [-0.4, -0.2) is 57.7 Å². The van der Waals surface area contributed by atoms with Gasteiger partial charge in [-0.3, -0.25) is 19.6 Å². The first-order valence-electron chi connectivity index (χ1n) is 11.9. The van der Waals surface area contributed by atoms with Gasteiger partial charge < -0.3 is 9.80 Å². The van der Waals surface area contributed by atoms with E-state index in [9.17, 15) is 9.59 Å². The topological polar surface area (TPSA) is 83.4 Å². The largest absolute Gasteiger partial charge is 0.367 e. The Labute approximate surface area is 211 Å². The van der Waals surface area contributed by atoms with Crippen molar-refractivity contribution in [1.82, 2.24) is 19.7 Å². The van der Waals surface area contributed by atoms with E-state index in [4.69, 9.17) is 0 Å². The van der Waals surface area contributed by atoms with Crippen LogP contribution in [0.25, 0.3) is 0 Å². The predicted octanol–water partition coefficient (Wildman–Crippen LogP) is 4.16. The number of nitrogens with zero attached hydrogens (tertiary/aromatic N) is 5. The van der Waals surface area contributed by atoms with Crippen molar-refractivity contribution in [3.05, 3.63) is 57.9 Å². The minimum absolute atomic E-state index is 0.0192. The molecule has 0 bridgehead atoms. The molecule has 0 spiro atoms. The number of benzene rings is 1. The summed E-state index contributed by atoms with van der Waals surface area (Å²) in [6.07, 6.45) is 0. The lowest BCUT2D eigenvalue weighted by Crippen LogP contribution is -2.50. The zero-order valence-corrected chi connectivity index (χ0v) is 22.2. The summed E-state index contributed by atoms with van der Waals surface area (Å²) in [5.41, 5.74) is 4.32. The number of hydrogen-bond donors (Lipinski definition) is 1. The average molecular weight is 495 g/mol. The Morgan fingerprint density at radius 3 is 2.34 bits per heavy atom. The first kappa shape index (κ1) is 24.9. The van der Waals surface area contributed by atoms with Crippen molar-refractivity contribution < 1.29 is 9.59 Å². The van der Waals surface area contributed by atoms with Crippen molar-refractivity contribution in [2.45, 2.75) is 53.5 Å². The fourth-order valence-corrected chi connectivity index (χ4v) is 5.53. The maximum absolute atomic E-state index is 13.2. The summed E-state index contributed by atoms with van der Waals surface area (Å²) >= 11 is 1.53. The molecule has 1 fully saturated rings. The van der Waals surface area contributed by atoms with Crippen LogP contribution >= 0.6 is 11.3 Å². The van der Waals surface area contributed by atoms with Gasteiger partial charge in [0.05, 0.1) is 17.0 Å². The van der Waals surface area contributed by atoms with E-state index in [1.54, 1.807) is 4.68 Å².